The zero-order valence-corrected chi connectivity index (χ0v) is 10.7. The van der Waals surface area contributed by atoms with Gasteiger partial charge in [-0.1, -0.05) is 6.92 Å². The van der Waals surface area contributed by atoms with Crippen molar-refractivity contribution >= 4 is 11.4 Å². The van der Waals surface area contributed by atoms with Gasteiger partial charge < -0.3 is 10.6 Å². The van der Waals surface area contributed by atoms with Crippen LogP contribution in [0, 0.1) is 27.4 Å². The van der Waals surface area contributed by atoms with Crippen molar-refractivity contribution in [3.05, 3.63) is 33.9 Å². The zero-order valence-electron chi connectivity index (χ0n) is 10.7. The maximum atomic E-state index is 10.8. The summed E-state index contributed by atoms with van der Waals surface area (Å²) in [6.07, 6.45) is 0.981. The van der Waals surface area contributed by atoms with Crippen LogP contribution in [0.4, 0.5) is 11.4 Å². The normalized spacial score (nSPS) is 22.9. The maximum Gasteiger partial charge on any atom is 0.287 e. The highest BCUT2D eigenvalue weighted by molar-refractivity contribution is 5.60. The quantitative estimate of drug-likeness (QED) is 0.644. The summed E-state index contributed by atoms with van der Waals surface area (Å²) < 4.78 is 0. The van der Waals surface area contributed by atoms with Gasteiger partial charge in [0.1, 0.15) is 11.6 Å². The molecule has 1 fully saturated rings. The smallest absolute Gasteiger partial charge is 0.287 e. The lowest BCUT2D eigenvalue weighted by Gasteiger charge is -2.36. The van der Waals surface area contributed by atoms with Crippen LogP contribution in [0.25, 0.3) is 0 Å². The van der Waals surface area contributed by atoms with E-state index in [4.69, 9.17) is 11.0 Å². The number of nitrogens with two attached hydrogens (primary N) is 1. The van der Waals surface area contributed by atoms with E-state index in [1.165, 1.54) is 6.07 Å². The minimum absolute atomic E-state index is 0.0919. The van der Waals surface area contributed by atoms with Crippen LogP contribution in [0.3, 0.4) is 0 Å². The Balaban J connectivity index is 2.31. The average molecular weight is 260 g/mol. The molecule has 2 rings (SSSR count). The number of piperidine rings is 1. The van der Waals surface area contributed by atoms with Crippen LogP contribution in [0.1, 0.15) is 18.9 Å². The van der Waals surface area contributed by atoms with Crippen LogP contribution >= 0.6 is 0 Å². The van der Waals surface area contributed by atoms with Gasteiger partial charge in [-0.05, 0) is 24.5 Å². The fourth-order valence-corrected chi connectivity index (χ4v) is 2.58. The molecule has 0 aliphatic carbocycles. The third-order valence-electron chi connectivity index (χ3n) is 3.35. The summed E-state index contributed by atoms with van der Waals surface area (Å²) in [7, 11) is 0. The largest absolute Gasteiger partial charge is 0.370 e. The Morgan fingerprint density at radius 2 is 2.26 bits per heavy atom. The third kappa shape index (κ3) is 2.83. The molecule has 2 atom stereocenters. The van der Waals surface area contributed by atoms with Crippen molar-refractivity contribution in [3.8, 4) is 6.07 Å². The highest BCUT2D eigenvalue weighted by Crippen LogP contribution is 2.27. The number of nitrogens with zero attached hydrogens (tertiary/aromatic N) is 3. The number of nitriles is 1. The Morgan fingerprint density at radius 3 is 2.84 bits per heavy atom. The summed E-state index contributed by atoms with van der Waals surface area (Å²) >= 11 is 0. The van der Waals surface area contributed by atoms with Crippen LogP contribution in [0.15, 0.2) is 18.2 Å². The zero-order chi connectivity index (χ0) is 14.0. The van der Waals surface area contributed by atoms with Crippen LogP contribution in [-0.2, 0) is 0 Å². The molecule has 6 heteroatoms. The molecule has 0 bridgehead atoms. The molecule has 1 aliphatic heterocycles. The van der Waals surface area contributed by atoms with Crippen molar-refractivity contribution < 1.29 is 4.92 Å². The number of nitro groups is 1. The monoisotopic (exact) mass is 260 g/mol. The van der Waals surface area contributed by atoms with Gasteiger partial charge in [-0.2, -0.15) is 5.26 Å². The molecule has 0 radical (unpaired) electrons. The molecule has 2 unspecified atom stereocenters. The Bertz CT molecular complexity index is 528. The molecule has 0 amide bonds. The van der Waals surface area contributed by atoms with Crippen molar-refractivity contribution in [2.75, 3.05) is 18.0 Å². The highest BCUT2D eigenvalue weighted by atomic mass is 16.6. The summed E-state index contributed by atoms with van der Waals surface area (Å²) in [6.45, 7) is 3.70. The second-order valence-corrected chi connectivity index (χ2v) is 5.08. The van der Waals surface area contributed by atoms with E-state index < -0.39 is 4.92 Å². The average Bonchev–Trinajstić information content (AvgIpc) is 2.36. The second-order valence-electron chi connectivity index (χ2n) is 5.08. The van der Waals surface area contributed by atoms with E-state index in [2.05, 4.69) is 11.8 Å². The summed E-state index contributed by atoms with van der Waals surface area (Å²) in [6, 6.07) is 6.62. The molecule has 6 nitrogen and oxygen atoms in total. The fraction of sp³-hybridized carbons (Fsp3) is 0.462. The van der Waals surface area contributed by atoms with Gasteiger partial charge in [-0.25, -0.2) is 0 Å². The molecule has 0 aromatic heterocycles. The number of benzene rings is 1. The van der Waals surface area contributed by atoms with Gasteiger partial charge in [0.05, 0.1) is 4.92 Å². The molecule has 2 N–H and O–H groups in total. The Morgan fingerprint density at radius 1 is 1.53 bits per heavy atom. The third-order valence-corrected chi connectivity index (χ3v) is 3.35. The minimum atomic E-state index is -0.535. The lowest BCUT2D eigenvalue weighted by atomic mass is 9.96. The molecule has 0 spiro atoms. The van der Waals surface area contributed by atoms with Crippen molar-refractivity contribution in [1.29, 1.82) is 5.26 Å². The van der Waals surface area contributed by atoms with E-state index in [9.17, 15) is 10.1 Å². The van der Waals surface area contributed by atoms with E-state index in [1.54, 1.807) is 12.1 Å². The summed E-state index contributed by atoms with van der Waals surface area (Å²) in [5.74, 6) is 0.476. The molecule has 19 heavy (non-hydrogen) atoms. The first-order chi connectivity index (χ1) is 9.01. The van der Waals surface area contributed by atoms with E-state index in [1.807, 2.05) is 6.07 Å². The molecular weight excluding hydrogens is 244 g/mol. The highest BCUT2D eigenvalue weighted by Gasteiger charge is 2.24. The fourth-order valence-electron chi connectivity index (χ4n) is 2.58. The van der Waals surface area contributed by atoms with Crippen molar-refractivity contribution in [1.82, 2.24) is 0 Å². The molecule has 1 aromatic carbocycles. The summed E-state index contributed by atoms with van der Waals surface area (Å²) in [5, 5.41) is 19.8. The molecular formula is C13H16N4O2. The molecule has 100 valence electrons. The lowest BCUT2D eigenvalue weighted by Crippen LogP contribution is -2.46. The standard InChI is InChI=1S/C13H16N4O2/c1-9-4-11(15)8-16(7-9)12-2-3-13(17(18)19)10(5-12)6-14/h2-3,5,9,11H,4,7-8,15H2,1H3. The van der Waals surface area contributed by atoms with Crippen LogP contribution in [-0.4, -0.2) is 24.1 Å². The summed E-state index contributed by atoms with van der Waals surface area (Å²) in [4.78, 5) is 12.3. The van der Waals surface area contributed by atoms with Gasteiger partial charge in [0, 0.05) is 30.9 Å². The van der Waals surface area contributed by atoms with Gasteiger partial charge >= 0.3 is 0 Å². The lowest BCUT2D eigenvalue weighted by molar-refractivity contribution is -0.385. The van der Waals surface area contributed by atoms with Crippen LogP contribution in [0.5, 0.6) is 0 Å². The predicted molar refractivity (Wildman–Crippen MR) is 71.8 cm³/mol. The van der Waals surface area contributed by atoms with Gasteiger partial charge in [-0.3, -0.25) is 10.1 Å². The van der Waals surface area contributed by atoms with E-state index in [0.717, 1.165) is 18.7 Å². The van der Waals surface area contributed by atoms with E-state index in [0.29, 0.717) is 12.5 Å². The number of anilines is 1. The molecule has 1 heterocycles. The van der Waals surface area contributed by atoms with Gasteiger partial charge in [-0.15, -0.1) is 0 Å². The second kappa shape index (κ2) is 5.24. The van der Waals surface area contributed by atoms with Gasteiger partial charge in [0.25, 0.3) is 5.69 Å². The first-order valence-electron chi connectivity index (χ1n) is 6.20. The molecule has 1 saturated heterocycles. The first kappa shape index (κ1) is 13.3. The summed E-state index contributed by atoms with van der Waals surface area (Å²) in [5.41, 5.74) is 6.75. The number of hydrogen-bond acceptors (Lipinski definition) is 5. The first-order valence-corrected chi connectivity index (χ1v) is 6.20. The number of nitro benzene ring substituents is 1. The number of rotatable bonds is 2. The van der Waals surface area contributed by atoms with E-state index in [-0.39, 0.29) is 17.3 Å². The van der Waals surface area contributed by atoms with Crippen molar-refractivity contribution in [3.63, 3.8) is 0 Å². The Kier molecular flexibility index (Phi) is 3.67. The SMILES string of the molecule is CC1CC(N)CN(c2ccc([N+](=O)[O-])c(C#N)c2)C1. The Labute approximate surface area is 111 Å². The van der Waals surface area contributed by atoms with E-state index >= 15 is 0 Å². The van der Waals surface area contributed by atoms with Crippen LogP contribution in [0.2, 0.25) is 0 Å². The maximum absolute atomic E-state index is 10.8. The van der Waals surface area contributed by atoms with Gasteiger partial charge in [0.15, 0.2) is 0 Å². The van der Waals surface area contributed by atoms with Gasteiger partial charge in [0.2, 0.25) is 0 Å². The molecule has 1 aliphatic rings. The predicted octanol–water partition coefficient (Wildman–Crippen LogP) is 1.64. The number of hydrogen-bond donors (Lipinski definition) is 1. The van der Waals surface area contributed by atoms with Crippen molar-refractivity contribution in [2.45, 2.75) is 19.4 Å². The topological polar surface area (TPSA) is 96.2 Å². The molecule has 1 aromatic rings. The minimum Gasteiger partial charge on any atom is -0.370 e. The van der Waals surface area contributed by atoms with Crippen LogP contribution < -0.4 is 10.6 Å². The van der Waals surface area contributed by atoms with Crippen molar-refractivity contribution in [2.24, 2.45) is 11.7 Å². The molecule has 0 saturated carbocycles. The Hall–Kier alpha value is -2.13.